The van der Waals surface area contributed by atoms with Gasteiger partial charge in [0.15, 0.2) is 11.2 Å². The molecule has 11 heteroatoms. The van der Waals surface area contributed by atoms with Crippen LogP contribution in [-0.2, 0) is 11.2 Å². The van der Waals surface area contributed by atoms with Crippen molar-refractivity contribution in [3.63, 3.8) is 0 Å². The maximum atomic E-state index is 10.5. The molecular formula is C40H31BrN6O2S2. The Balaban J connectivity index is 0.000000147. The van der Waals surface area contributed by atoms with E-state index in [0.29, 0.717) is 10.0 Å². The molecule has 0 saturated heterocycles. The normalized spacial score (nSPS) is 12.9. The molecule has 0 radical (unpaired) electrons. The number of terminal acetylenes is 1. The average Bonchev–Trinajstić information content (AvgIpc) is 3.99. The lowest BCUT2D eigenvalue weighted by molar-refractivity contribution is 0.121. The molecule has 0 saturated carbocycles. The van der Waals surface area contributed by atoms with Crippen LogP contribution in [0.3, 0.4) is 0 Å². The van der Waals surface area contributed by atoms with Crippen molar-refractivity contribution in [2.75, 3.05) is 0 Å². The quantitative estimate of drug-likeness (QED) is 0.174. The summed E-state index contributed by atoms with van der Waals surface area (Å²) >= 11 is 6.24. The van der Waals surface area contributed by atoms with E-state index in [4.69, 9.17) is 6.42 Å². The zero-order chi connectivity index (χ0) is 35.8. The highest BCUT2D eigenvalue weighted by Gasteiger charge is 2.23. The van der Waals surface area contributed by atoms with E-state index in [-0.39, 0.29) is 0 Å². The van der Waals surface area contributed by atoms with Crippen molar-refractivity contribution in [2.45, 2.75) is 25.0 Å². The minimum absolute atomic E-state index is 0.565. The fraction of sp³-hybridized carbons (Fsp3) is 0.100. The summed E-state index contributed by atoms with van der Waals surface area (Å²) in [5.41, 5.74) is 2.82. The van der Waals surface area contributed by atoms with Crippen molar-refractivity contribution in [3.05, 3.63) is 153 Å². The fourth-order valence-corrected chi connectivity index (χ4v) is 6.67. The van der Waals surface area contributed by atoms with Crippen molar-refractivity contribution in [3.8, 4) is 35.6 Å². The van der Waals surface area contributed by atoms with E-state index in [1.165, 1.54) is 33.6 Å². The summed E-state index contributed by atoms with van der Waals surface area (Å²) < 4.78 is 5.34. The van der Waals surface area contributed by atoms with Gasteiger partial charge < -0.3 is 19.3 Å². The van der Waals surface area contributed by atoms with Crippen LogP contribution in [0.15, 0.2) is 138 Å². The van der Waals surface area contributed by atoms with Gasteiger partial charge in [-0.3, -0.25) is 9.97 Å². The summed E-state index contributed by atoms with van der Waals surface area (Å²) in [5.74, 6) is 8.25. The molecule has 0 fully saturated rings. The van der Waals surface area contributed by atoms with Crippen molar-refractivity contribution in [1.29, 1.82) is 0 Å². The van der Waals surface area contributed by atoms with Crippen molar-refractivity contribution in [2.24, 2.45) is 0 Å². The van der Waals surface area contributed by atoms with Crippen molar-refractivity contribution < 1.29 is 10.2 Å². The molecular weight excluding hydrogens is 741 g/mol. The zero-order valence-corrected chi connectivity index (χ0v) is 30.8. The summed E-state index contributed by atoms with van der Waals surface area (Å²) in [6, 6.07) is 24.4. The topological polar surface area (TPSA) is 102 Å². The Morgan fingerprint density at radius 1 is 0.667 bits per heavy atom. The van der Waals surface area contributed by atoms with Crippen LogP contribution in [0.4, 0.5) is 0 Å². The third-order valence-corrected chi connectivity index (χ3v) is 10.1. The van der Waals surface area contributed by atoms with E-state index in [0.717, 1.165) is 32.3 Å². The number of rotatable bonds is 4. The molecule has 0 aliphatic carbocycles. The molecule has 8 nitrogen and oxygen atoms in total. The van der Waals surface area contributed by atoms with Crippen LogP contribution in [0.25, 0.3) is 33.2 Å². The lowest BCUT2D eigenvalue weighted by Crippen LogP contribution is -2.17. The standard InChI is InChI=1S/C20H15N3OS.C13H9BrN2.C7H7NOS/c1-20(24,19-22-11-13-25-19)8-4-15-2-3-16-7-12-23(18(16)14-15)17-5-9-21-10-6-17;14-11-2-1-10-5-8-16(13(10)9-11)12-3-6-15-7-4-12;1-3-7(2,9)6-8-4-5-10-6/h2-3,5-7,9-14,24H,1H3;1-9H;1,4-5,9H,2H3. The second-order valence-corrected chi connectivity index (χ2v) is 14.2. The van der Waals surface area contributed by atoms with Crippen LogP contribution in [0.5, 0.6) is 0 Å². The molecule has 2 aromatic carbocycles. The van der Waals surface area contributed by atoms with Gasteiger partial charge in [-0.15, -0.1) is 29.1 Å². The minimum atomic E-state index is -1.25. The monoisotopic (exact) mass is 770 g/mol. The predicted octanol–water partition coefficient (Wildman–Crippen LogP) is 8.51. The molecule has 51 heavy (non-hydrogen) atoms. The molecule has 8 rings (SSSR count). The van der Waals surface area contributed by atoms with Gasteiger partial charge >= 0.3 is 0 Å². The van der Waals surface area contributed by atoms with Gasteiger partial charge in [-0.05, 0) is 74.5 Å². The Hall–Kier alpha value is -5.40. The average molecular weight is 772 g/mol. The number of aliphatic hydroxyl groups is 2. The molecule has 0 aliphatic rings. The first kappa shape index (κ1) is 35.4. The fourth-order valence-electron chi connectivity index (χ4n) is 5.00. The molecule has 8 aromatic rings. The van der Waals surface area contributed by atoms with Gasteiger partial charge in [0.1, 0.15) is 10.0 Å². The van der Waals surface area contributed by atoms with Crippen molar-refractivity contribution in [1.82, 2.24) is 29.1 Å². The third-order valence-electron chi connectivity index (χ3n) is 7.66. The van der Waals surface area contributed by atoms with Gasteiger partial charge in [0, 0.05) is 92.5 Å². The summed E-state index contributed by atoms with van der Waals surface area (Å²) in [4.78, 5) is 16.1. The van der Waals surface area contributed by atoms with E-state index in [2.05, 4.69) is 99.3 Å². The van der Waals surface area contributed by atoms with Gasteiger partial charge in [0.2, 0.25) is 0 Å². The Kier molecular flexibility index (Phi) is 10.9. The van der Waals surface area contributed by atoms with E-state index < -0.39 is 11.2 Å². The largest absolute Gasteiger partial charge is 0.371 e. The number of halogens is 1. The minimum Gasteiger partial charge on any atom is -0.371 e. The first-order valence-corrected chi connectivity index (χ1v) is 18.1. The summed E-state index contributed by atoms with van der Waals surface area (Å²) in [6.45, 7) is 3.21. The number of aromatic nitrogens is 6. The van der Waals surface area contributed by atoms with Crippen LogP contribution in [0.2, 0.25) is 0 Å². The molecule has 2 unspecified atom stereocenters. The van der Waals surface area contributed by atoms with E-state index in [9.17, 15) is 10.2 Å². The molecule has 6 aromatic heterocycles. The Bertz CT molecular complexity index is 2460. The molecule has 2 N–H and O–H groups in total. The number of nitrogens with zero attached hydrogens (tertiary/aromatic N) is 6. The number of hydrogen-bond acceptors (Lipinski definition) is 8. The molecule has 6 heterocycles. The molecule has 0 spiro atoms. The Morgan fingerprint density at radius 2 is 1.18 bits per heavy atom. The number of pyridine rings is 2. The lowest BCUT2D eigenvalue weighted by atomic mass is 10.1. The summed E-state index contributed by atoms with van der Waals surface area (Å²) in [7, 11) is 0. The maximum Gasteiger partial charge on any atom is 0.174 e. The van der Waals surface area contributed by atoms with Crippen LogP contribution in [0.1, 0.15) is 29.4 Å². The SMILES string of the molecule is Brc1ccc2ccn(-c3ccncc3)c2c1.C#CC(C)(O)c1nccs1.CC(O)(C#Cc1ccc2ccn(-c3ccncc3)c2c1)c1nccs1. The van der Waals surface area contributed by atoms with Gasteiger partial charge in [-0.25, -0.2) is 9.97 Å². The Morgan fingerprint density at radius 3 is 1.69 bits per heavy atom. The number of hydrogen-bond donors (Lipinski definition) is 2. The second kappa shape index (κ2) is 15.7. The molecule has 0 bridgehead atoms. The van der Waals surface area contributed by atoms with Gasteiger partial charge in [0.25, 0.3) is 0 Å². The zero-order valence-electron chi connectivity index (χ0n) is 27.6. The molecule has 0 amide bonds. The van der Waals surface area contributed by atoms with E-state index in [1.807, 2.05) is 54.0 Å². The first-order valence-electron chi connectivity index (χ1n) is 15.6. The molecule has 0 aliphatic heterocycles. The van der Waals surface area contributed by atoms with Gasteiger partial charge in [0.05, 0.1) is 11.0 Å². The highest BCUT2D eigenvalue weighted by molar-refractivity contribution is 9.10. The van der Waals surface area contributed by atoms with E-state index in [1.54, 1.807) is 56.4 Å². The van der Waals surface area contributed by atoms with Crippen molar-refractivity contribution >= 4 is 60.4 Å². The number of thiazole rings is 2. The van der Waals surface area contributed by atoms with Crippen LogP contribution >= 0.6 is 38.6 Å². The first-order chi connectivity index (χ1) is 24.6. The summed E-state index contributed by atoms with van der Waals surface area (Å²) in [6.07, 6.45) is 19.6. The van der Waals surface area contributed by atoms with Crippen LogP contribution < -0.4 is 0 Å². The number of benzene rings is 2. The van der Waals surface area contributed by atoms with Gasteiger partial charge in [-0.1, -0.05) is 45.8 Å². The maximum absolute atomic E-state index is 10.5. The third kappa shape index (κ3) is 8.50. The van der Waals surface area contributed by atoms with E-state index >= 15 is 0 Å². The highest BCUT2D eigenvalue weighted by atomic mass is 79.9. The highest BCUT2D eigenvalue weighted by Crippen LogP contribution is 2.25. The van der Waals surface area contributed by atoms with Crippen LogP contribution in [-0.4, -0.2) is 39.3 Å². The smallest absolute Gasteiger partial charge is 0.174 e. The van der Waals surface area contributed by atoms with Crippen LogP contribution in [0, 0.1) is 24.2 Å². The molecule has 252 valence electrons. The Labute approximate surface area is 311 Å². The molecule has 2 atom stereocenters. The van der Waals surface area contributed by atoms with Gasteiger partial charge in [-0.2, -0.15) is 0 Å². The lowest BCUT2D eigenvalue weighted by Gasteiger charge is -2.12. The second-order valence-electron chi connectivity index (χ2n) is 11.5. The number of fused-ring (bicyclic) bond motifs is 2. The predicted molar refractivity (Wildman–Crippen MR) is 209 cm³/mol. The summed E-state index contributed by atoms with van der Waals surface area (Å²) in [5, 5.41) is 27.0.